The molecule has 0 saturated heterocycles. The smallest absolute Gasteiger partial charge is 0.311 e. The Hall–Kier alpha value is -1.55. The lowest BCUT2D eigenvalue weighted by molar-refractivity contribution is -0.157. The van der Waals surface area contributed by atoms with E-state index in [0.29, 0.717) is 0 Å². The first-order chi connectivity index (χ1) is 8.95. The molecule has 1 aliphatic heterocycles. The minimum absolute atomic E-state index is 0.160. The summed E-state index contributed by atoms with van der Waals surface area (Å²) >= 11 is 0. The zero-order valence-electron chi connectivity index (χ0n) is 11.8. The van der Waals surface area contributed by atoms with Crippen molar-refractivity contribution in [2.45, 2.75) is 33.4 Å². The fourth-order valence-corrected chi connectivity index (χ4v) is 1.91. The van der Waals surface area contributed by atoms with Gasteiger partial charge in [0.15, 0.2) is 0 Å². The summed E-state index contributed by atoms with van der Waals surface area (Å²) in [6.45, 7) is 8.00. The third kappa shape index (κ3) is 3.96. The molecule has 4 heteroatoms. The molecule has 1 aliphatic rings. The molecule has 19 heavy (non-hydrogen) atoms. The van der Waals surface area contributed by atoms with E-state index >= 15 is 0 Å². The van der Waals surface area contributed by atoms with E-state index in [1.165, 1.54) is 0 Å². The second-order valence-corrected chi connectivity index (χ2v) is 5.95. The molecular weight excluding hydrogens is 242 g/mol. The molecule has 2 rings (SSSR count). The van der Waals surface area contributed by atoms with Crippen LogP contribution >= 0.6 is 0 Å². The molecule has 1 aromatic heterocycles. The van der Waals surface area contributed by atoms with E-state index in [-0.39, 0.29) is 12.1 Å². The molecule has 0 bridgehead atoms. The second kappa shape index (κ2) is 5.61. The molecule has 0 saturated carbocycles. The molecule has 4 nitrogen and oxygen atoms in total. The average Bonchev–Trinajstić information content (AvgIpc) is 2.81. The highest BCUT2D eigenvalue weighted by atomic mass is 16.5. The van der Waals surface area contributed by atoms with Crippen LogP contribution in [0.5, 0.6) is 0 Å². The van der Waals surface area contributed by atoms with Crippen LogP contribution in [0.2, 0.25) is 0 Å². The van der Waals surface area contributed by atoms with Gasteiger partial charge in [-0.3, -0.25) is 9.69 Å². The van der Waals surface area contributed by atoms with Gasteiger partial charge in [0.2, 0.25) is 0 Å². The first-order valence-corrected chi connectivity index (χ1v) is 6.56. The number of ether oxygens (including phenoxy) is 1. The monoisotopic (exact) mass is 263 g/mol. The number of rotatable bonds is 3. The Labute approximate surface area is 114 Å². The van der Waals surface area contributed by atoms with Crippen LogP contribution in [0.3, 0.4) is 0 Å². The van der Waals surface area contributed by atoms with Crippen LogP contribution in [0.1, 0.15) is 26.3 Å². The minimum Gasteiger partial charge on any atom is -0.472 e. The van der Waals surface area contributed by atoms with Crippen molar-refractivity contribution in [3.05, 3.63) is 36.3 Å². The van der Waals surface area contributed by atoms with E-state index in [0.717, 1.165) is 25.2 Å². The molecule has 104 valence electrons. The predicted octanol–water partition coefficient (Wildman–Crippen LogP) is 2.61. The molecule has 0 N–H and O–H groups in total. The molecule has 0 radical (unpaired) electrons. The van der Waals surface area contributed by atoms with Crippen molar-refractivity contribution < 1.29 is 13.9 Å². The standard InChI is InChI=1S/C15H21NO3/c1-15(2,3)14(17)19-13-5-4-7-16(10-13)9-12-6-8-18-11-12/h4-6,8,11,13H,7,9-10H2,1-3H3. The summed E-state index contributed by atoms with van der Waals surface area (Å²) in [6, 6.07) is 1.95. The van der Waals surface area contributed by atoms with Gasteiger partial charge in [-0.05, 0) is 32.9 Å². The molecule has 0 amide bonds. The van der Waals surface area contributed by atoms with Crippen molar-refractivity contribution in [1.82, 2.24) is 4.90 Å². The van der Waals surface area contributed by atoms with Crippen LogP contribution in [0, 0.1) is 5.41 Å². The van der Waals surface area contributed by atoms with Gasteiger partial charge in [-0.1, -0.05) is 6.08 Å². The Morgan fingerprint density at radius 3 is 2.95 bits per heavy atom. The van der Waals surface area contributed by atoms with Gasteiger partial charge < -0.3 is 9.15 Å². The van der Waals surface area contributed by atoms with Gasteiger partial charge in [-0.2, -0.15) is 0 Å². The maximum Gasteiger partial charge on any atom is 0.311 e. The first kappa shape index (κ1) is 13.9. The third-order valence-electron chi connectivity index (χ3n) is 3.01. The molecule has 0 aliphatic carbocycles. The highest BCUT2D eigenvalue weighted by molar-refractivity contribution is 5.75. The van der Waals surface area contributed by atoms with Crippen LogP contribution in [0.4, 0.5) is 0 Å². The summed E-state index contributed by atoms with van der Waals surface area (Å²) in [5, 5.41) is 0. The molecule has 0 aromatic carbocycles. The van der Waals surface area contributed by atoms with E-state index in [9.17, 15) is 4.79 Å². The van der Waals surface area contributed by atoms with Gasteiger partial charge >= 0.3 is 5.97 Å². The van der Waals surface area contributed by atoms with E-state index in [4.69, 9.17) is 9.15 Å². The largest absolute Gasteiger partial charge is 0.472 e. The molecule has 2 heterocycles. The fraction of sp³-hybridized carbons (Fsp3) is 0.533. The SMILES string of the molecule is CC(C)(C)C(=O)OC1C=CCN(Cc2ccoc2)C1. The lowest BCUT2D eigenvalue weighted by Gasteiger charge is -2.29. The molecule has 0 fully saturated rings. The van der Waals surface area contributed by atoms with Crippen LogP contribution in [0.25, 0.3) is 0 Å². The molecule has 1 unspecified atom stereocenters. The summed E-state index contributed by atoms with van der Waals surface area (Å²) in [5.74, 6) is -0.160. The Kier molecular flexibility index (Phi) is 4.10. The van der Waals surface area contributed by atoms with Crippen LogP contribution in [0.15, 0.2) is 35.2 Å². The van der Waals surface area contributed by atoms with Crippen molar-refractivity contribution in [3.8, 4) is 0 Å². The van der Waals surface area contributed by atoms with Gasteiger partial charge in [-0.25, -0.2) is 0 Å². The molecule has 1 aromatic rings. The minimum atomic E-state index is -0.458. The topological polar surface area (TPSA) is 42.7 Å². The number of furan rings is 1. The van der Waals surface area contributed by atoms with E-state index in [1.54, 1.807) is 12.5 Å². The number of hydrogen-bond acceptors (Lipinski definition) is 4. The Morgan fingerprint density at radius 2 is 2.32 bits per heavy atom. The number of carbonyl (C=O) groups is 1. The Morgan fingerprint density at radius 1 is 1.53 bits per heavy atom. The normalized spacial score (nSPS) is 20.5. The van der Waals surface area contributed by atoms with Crippen molar-refractivity contribution in [2.24, 2.45) is 5.41 Å². The van der Waals surface area contributed by atoms with Gasteiger partial charge in [-0.15, -0.1) is 0 Å². The molecule has 1 atom stereocenters. The predicted molar refractivity (Wildman–Crippen MR) is 72.5 cm³/mol. The number of hydrogen-bond donors (Lipinski definition) is 0. The van der Waals surface area contributed by atoms with Gasteiger partial charge in [0.25, 0.3) is 0 Å². The molecular formula is C15H21NO3. The van der Waals surface area contributed by atoms with Gasteiger partial charge in [0, 0.05) is 25.2 Å². The summed E-state index contributed by atoms with van der Waals surface area (Å²) in [7, 11) is 0. The Bertz CT molecular complexity index is 442. The van der Waals surface area contributed by atoms with Crippen LogP contribution in [-0.2, 0) is 16.1 Å². The van der Waals surface area contributed by atoms with Gasteiger partial charge in [0.05, 0.1) is 17.9 Å². The van der Waals surface area contributed by atoms with Crippen molar-refractivity contribution in [1.29, 1.82) is 0 Å². The van der Waals surface area contributed by atoms with E-state index < -0.39 is 5.41 Å². The summed E-state index contributed by atoms with van der Waals surface area (Å²) in [5.41, 5.74) is 0.678. The summed E-state index contributed by atoms with van der Waals surface area (Å²) in [6.07, 6.45) is 7.27. The van der Waals surface area contributed by atoms with E-state index in [2.05, 4.69) is 4.90 Å². The number of carbonyl (C=O) groups excluding carboxylic acids is 1. The maximum atomic E-state index is 11.9. The Balaban J connectivity index is 1.89. The van der Waals surface area contributed by atoms with Crippen molar-refractivity contribution in [2.75, 3.05) is 13.1 Å². The highest BCUT2D eigenvalue weighted by Gasteiger charge is 2.27. The zero-order valence-corrected chi connectivity index (χ0v) is 11.8. The molecule has 0 spiro atoms. The average molecular weight is 263 g/mol. The van der Waals surface area contributed by atoms with Crippen LogP contribution < -0.4 is 0 Å². The zero-order chi connectivity index (χ0) is 13.9. The van der Waals surface area contributed by atoms with Gasteiger partial charge in [0.1, 0.15) is 6.10 Å². The lowest BCUT2D eigenvalue weighted by Crippen LogP contribution is -2.39. The first-order valence-electron chi connectivity index (χ1n) is 6.56. The fourth-order valence-electron chi connectivity index (χ4n) is 1.91. The quantitative estimate of drug-likeness (QED) is 0.621. The maximum absolute atomic E-state index is 11.9. The van der Waals surface area contributed by atoms with Crippen molar-refractivity contribution >= 4 is 5.97 Å². The summed E-state index contributed by atoms with van der Waals surface area (Å²) in [4.78, 5) is 14.1. The summed E-state index contributed by atoms with van der Waals surface area (Å²) < 4.78 is 10.6. The van der Waals surface area contributed by atoms with E-state index in [1.807, 2.05) is 39.0 Å². The number of nitrogens with zero attached hydrogens (tertiary/aromatic N) is 1. The van der Waals surface area contributed by atoms with Crippen LogP contribution in [-0.4, -0.2) is 30.1 Å². The third-order valence-corrected chi connectivity index (χ3v) is 3.01. The van der Waals surface area contributed by atoms with Crippen molar-refractivity contribution in [3.63, 3.8) is 0 Å². The number of esters is 1. The second-order valence-electron chi connectivity index (χ2n) is 5.95. The highest BCUT2D eigenvalue weighted by Crippen LogP contribution is 2.18. The lowest BCUT2D eigenvalue weighted by atomic mass is 9.97.